The Labute approximate surface area is 183 Å². The van der Waals surface area contributed by atoms with Crippen molar-refractivity contribution in [3.8, 4) is 11.1 Å². The van der Waals surface area contributed by atoms with E-state index in [-0.39, 0.29) is 5.41 Å². The van der Waals surface area contributed by atoms with Crippen LogP contribution in [0.25, 0.3) is 11.1 Å². The van der Waals surface area contributed by atoms with Gasteiger partial charge in [0.15, 0.2) is 0 Å². The van der Waals surface area contributed by atoms with Gasteiger partial charge in [0.05, 0.1) is 0 Å². The van der Waals surface area contributed by atoms with E-state index in [4.69, 9.17) is 0 Å². The molecule has 156 valence electrons. The van der Waals surface area contributed by atoms with Crippen LogP contribution in [0.4, 0.5) is 0 Å². The molecule has 1 unspecified atom stereocenters. The molecule has 0 heteroatoms. The highest BCUT2D eigenvalue weighted by Gasteiger charge is 2.45. The summed E-state index contributed by atoms with van der Waals surface area (Å²) in [5, 5.41) is 0. The fourth-order valence-electron chi connectivity index (χ4n) is 5.57. The molecular formula is C30H36. The molecule has 0 N–H and O–H groups in total. The summed E-state index contributed by atoms with van der Waals surface area (Å²) in [6, 6.07) is 23.5. The Morgan fingerprint density at radius 3 is 1.87 bits per heavy atom. The van der Waals surface area contributed by atoms with Gasteiger partial charge in [-0.2, -0.15) is 0 Å². The molecule has 0 bridgehead atoms. The Morgan fingerprint density at radius 2 is 1.33 bits per heavy atom. The first-order valence-corrected chi connectivity index (χ1v) is 11.8. The highest BCUT2D eigenvalue weighted by Crippen LogP contribution is 2.56. The Bertz CT molecular complexity index is 988. The number of aryl methyl sites for hydroxylation is 3. The van der Waals surface area contributed by atoms with Crippen LogP contribution in [0.5, 0.6) is 0 Å². The van der Waals surface area contributed by atoms with E-state index in [1.807, 2.05) is 0 Å². The topological polar surface area (TPSA) is 0 Å². The standard InChI is InChI=1S/C30H36/c1-6-8-11-24(7-2)20-30(25-12-9-10-21(3)17-25)28-18-22(4)13-15-26(28)27-16-14-23(5)19-29(27)30/h9-10,12-19,24H,6-8,11,20H2,1-5H3. The van der Waals surface area contributed by atoms with Crippen LogP contribution in [0, 0.1) is 26.7 Å². The maximum absolute atomic E-state index is 2.47. The van der Waals surface area contributed by atoms with Gasteiger partial charge >= 0.3 is 0 Å². The number of benzene rings is 3. The van der Waals surface area contributed by atoms with E-state index in [0.717, 1.165) is 5.92 Å². The van der Waals surface area contributed by atoms with Gasteiger partial charge in [-0.3, -0.25) is 0 Å². The van der Waals surface area contributed by atoms with Gasteiger partial charge in [-0.25, -0.2) is 0 Å². The number of unbranched alkanes of at least 4 members (excludes halogenated alkanes) is 1. The second-order valence-corrected chi connectivity index (χ2v) is 9.49. The van der Waals surface area contributed by atoms with Crippen molar-refractivity contribution in [2.75, 3.05) is 0 Å². The van der Waals surface area contributed by atoms with E-state index in [1.165, 1.54) is 76.6 Å². The molecule has 0 saturated carbocycles. The van der Waals surface area contributed by atoms with Crippen LogP contribution in [0.1, 0.15) is 79.3 Å². The van der Waals surface area contributed by atoms with Crippen molar-refractivity contribution in [2.24, 2.45) is 5.92 Å². The summed E-state index contributed by atoms with van der Waals surface area (Å²) in [7, 11) is 0. The summed E-state index contributed by atoms with van der Waals surface area (Å²) in [6.45, 7) is 11.4. The first kappa shape index (κ1) is 20.9. The lowest BCUT2D eigenvalue weighted by Crippen LogP contribution is -2.30. The maximum atomic E-state index is 2.47. The third-order valence-corrected chi connectivity index (χ3v) is 7.21. The van der Waals surface area contributed by atoms with E-state index in [2.05, 4.69) is 95.3 Å². The summed E-state index contributed by atoms with van der Waals surface area (Å²) < 4.78 is 0. The number of rotatable bonds is 7. The first-order chi connectivity index (χ1) is 14.5. The van der Waals surface area contributed by atoms with Crippen molar-refractivity contribution in [3.63, 3.8) is 0 Å². The minimum atomic E-state index is -0.0524. The lowest BCUT2D eigenvalue weighted by atomic mass is 9.66. The molecule has 0 aromatic heterocycles. The molecule has 1 aliphatic rings. The monoisotopic (exact) mass is 396 g/mol. The fraction of sp³-hybridized carbons (Fsp3) is 0.400. The molecule has 4 rings (SSSR count). The summed E-state index contributed by atoms with van der Waals surface area (Å²) in [6.07, 6.45) is 6.36. The van der Waals surface area contributed by atoms with Crippen molar-refractivity contribution in [1.82, 2.24) is 0 Å². The third-order valence-electron chi connectivity index (χ3n) is 7.21. The summed E-state index contributed by atoms with van der Waals surface area (Å²) in [5.74, 6) is 0.727. The minimum absolute atomic E-state index is 0.0524. The van der Waals surface area contributed by atoms with E-state index in [9.17, 15) is 0 Å². The smallest absolute Gasteiger partial charge is 0.0466 e. The van der Waals surface area contributed by atoms with Crippen LogP contribution in [0.3, 0.4) is 0 Å². The molecule has 0 saturated heterocycles. The van der Waals surface area contributed by atoms with Gasteiger partial charge in [0, 0.05) is 5.41 Å². The summed E-state index contributed by atoms with van der Waals surface area (Å²) in [5.41, 5.74) is 11.4. The third kappa shape index (κ3) is 3.51. The SMILES string of the molecule is CCCCC(CC)CC1(c2cccc(C)c2)c2cc(C)ccc2-c2ccc(C)cc21. The highest BCUT2D eigenvalue weighted by molar-refractivity contribution is 5.84. The van der Waals surface area contributed by atoms with E-state index >= 15 is 0 Å². The van der Waals surface area contributed by atoms with Gasteiger partial charge in [0.1, 0.15) is 0 Å². The molecule has 3 aromatic carbocycles. The normalized spacial score (nSPS) is 15.0. The Morgan fingerprint density at radius 1 is 0.733 bits per heavy atom. The fourth-order valence-corrected chi connectivity index (χ4v) is 5.57. The van der Waals surface area contributed by atoms with Crippen molar-refractivity contribution in [3.05, 3.63) is 94.0 Å². The molecule has 30 heavy (non-hydrogen) atoms. The van der Waals surface area contributed by atoms with Crippen LogP contribution < -0.4 is 0 Å². The lowest BCUT2D eigenvalue weighted by molar-refractivity contribution is 0.362. The molecule has 1 aliphatic carbocycles. The zero-order valence-electron chi connectivity index (χ0n) is 19.4. The van der Waals surface area contributed by atoms with E-state index in [1.54, 1.807) is 0 Å². The largest absolute Gasteiger partial charge is 0.0654 e. The predicted molar refractivity (Wildman–Crippen MR) is 130 cm³/mol. The lowest BCUT2D eigenvalue weighted by Gasteiger charge is -2.37. The maximum Gasteiger partial charge on any atom is 0.0466 e. The minimum Gasteiger partial charge on any atom is -0.0654 e. The van der Waals surface area contributed by atoms with Crippen molar-refractivity contribution in [2.45, 2.75) is 72.1 Å². The zero-order valence-corrected chi connectivity index (χ0v) is 19.4. The molecule has 1 atom stereocenters. The number of fused-ring (bicyclic) bond motifs is 3. The summed E-state index contributed by atoms with van der Waals surface area (Å²) >= 11 is 0. The highest BCUT2D eigenvalue weighted by atomic mass is 14.5. The summed E-state index contributed by atoms with van der Waals surface area (Å²) in [4.78, 5) is 0. The Balaban J connectivity index is 2.02. The Kier molecular flexibility index (Phi) is 5.87. The molecule has 0 aliphatic heterocycles. The van der Waals surface area contributed by atoms with Crippen LogP contribution >= 0.6 is 0 Å². The van der Waals surface area contributed by atoms with Crippen LogP contribution in [-0.4, -0.2) is 0 Å². The second-order valence-electron chi connectivity index (χ2n) is 9.49. The van der Waals surface area contributed by atoms with Crippen LogP contribution in [0.15, 0.2) is 60.7 Å². The Hall–Kier alpha value is -2.34. The first-order valence-electron chi connectivity index (χ1n) is 11.8. The van der Waals surface area contributed by atoms with Gasteiger partial charge in [0.2, 0.25) is 0 Å². The van der Waals surface area contributed by atoms with Gasteiger partial charge in [-0.1, -0.05) is 117 Å². The second kappa shape index (κ2) is 8.42. The van der Waals surface area contributed by atoms with Crippen molar-refractivity contribution >= 4 is 0 Å². The van der Waals surface area contributed by atoms with E-state index < -0.39 is 0 Å². The number of hydrogen-bond acceptors (Lipinski definition) is 0. The van der Waals surface area contributed by atoms with Gasteiger partial charge in [-0.05, 0) is 60.9 Å². The average molecular weight is 397 g/mol. The van der Waals surface area contributed by atoms with Crippen LogP contribution in [0.2, 0.25) is 0 Å². The molecule has 0 amide bonds. The quantitative estimate of drug-likeness (QED) is 0.375. The van der Waals surface area contributed by atoms with Gasteiger partial charge < -0.3 is 0 Å². The van der Waals surface area contributed by atoms with E-state index in [0.29, 0.717) is 0 Å². The van der Waals surface area contributed by atoms with Gasteiger partial charge in [0.25, 0.3) is 0 Å². The molecular weight excluding hydrogens is 360 g/mol. The average Bonchev–Trinajstić information content (AvgIpc) is 3.00. The number of hydrogen-bond donors (Lipinski definition) is 0. The van der Waals surface area contributed by atoms with Crippen molar-refractivity contribution < 1.29 is 0 Å². The molecule has 0 heterocycles. The molecule has 0 fully saturated rings. The molecule has 0 spiro atoms. The predicted octanol–water partition coefficient (Wildman–Crippen LogP) is 8.53. The van der Waals surface area contributed by atoms with Gasteiger partial charge in [-0.15, -0.1) is 0 Å². The molecule has 0 nitrogen and oxygen atoms in total. The molecule has 0 radical (unpaired) electrons. The van der Waals surface area contributed by atoms with Crippen LogP contribution in [-0.2, 0) is 5.41 Å². The van der Waals surface area contributed by atoms with Crippen molar-refractivity contribution in [1.29, 1.82) is 0 Å². The zero-order chi connectivity index (χ0) is 21.3. The molecule has 3 aromatic rings.